The number of ether oxygens (including phenoxy) is 2. The van der Waals surface area contributed by atoms with Gasteiger partial charge in [0.25, 0.3) is 0 Å². The fraction of sp³-hybridized carbons (Fsp3) is 0.619. The number of likely N-dealkylation sites (tertiary alicyclic amines) is 1. The summed E-state index contributed by atoms with van der Waals surface area (Å²) in [5.41, 5.74) is 1.06. The van der Waals surface area contributed by atoms with Gasteiger partial charge in [0.15, 0.2) is 17.5 Å². The van der Waals surface area contributed by atoms with Gasteiger partial charge in [-0.1, -0.05) is 25.4 Å². The number of benzene rings is 1. The highest BCUT2D eigenvalue weighted by molar-refractivity contribution is 6.32. The molecule has 3 rings (SSSR count). The van der Waals surface area contributed by atoms with E-state index in [1.165, 1.54) is 0 Å². The molecule has 1 atom stereocenters. The predicted octanol–water partition coefficient (Wildman–Crippen LogP) is 2.47. The van der Waals surface area contributed by atoms with Gasteiger partial charge in [-0.25, -0.2) is 0 Å². The van der Waals surface area contributed by atoms with Crippen molar-refractivity contribution in [1.82, 2.24) is 15.5 Å². The first kappa shape index (κ1) is 21.6. The summed E-state index contributed by atoms with van der Waals surface area (Å²) in [7, 11) is 0. The van der Waals surface area contributed by atoms with Gasteiger partial charge in [-0.3, -0.25) is 9.79 Å². The molecule has 0 bridgehead atoms. The van der Waals surface area contributed by atoms with Gasteiger partial charge < -0.3 is 25.0 Å². The minimum Gasteiger partial charge on any atom is -0.486 e. The number of fused-ring (bicyclic) bond motifs is 1. The molecule has 0 aromatic heterocycles. The molecule has 1 fully saturated rings. The molecular formula is C21H31ClN4O3. The summed E-state index contributed by atoms with van der Waals surface area (Å²) in [5, 5.41) is 7.33. The number of rotatable bonds is 6. The standard InChI is InChI=1S/C21H31ClN4O3/c1-4-23-21(25-16-6-8-26(13-16)20(27)14(2)3)24-7-5-15-11-17(22)19-18(12-15)28-9-10-29-19/h11-12,14,16H,4-10,13H2,1-3H3,(H2,23,24,25). The van der Waals surface area contributed by atoms with Crippen LogP contribution in [0.1, 0.15) is 32.8 Å². The van der Waals surface area contributed by atoms with Crippen molar-refractivity contribution in [3.8, 4) is 11.5 Å². The Morgan fingerprint density at radius 1 is 1.34 bits per heavy atom. The van der Waals surface area contributed by atoms with Crippen molar-refractivity contribution in [2.24, 2.45) is 10.9 Å². The molecule has 2 aliphatic heterocycles. The Labute approximate surface area is 177 Å². The number of aliphatic imine (C=N–C) groups is 1. The topological polar surface area (TPSA) is 75.2 Å². The first-order valence-corrected chi connectivity index (χ1v) is 10.8. The summed E-state index contributed by atoms with van der Waals surface area (Å²) in [4.78, 5) is 18.8. The van der Waals surface area contributed by atoms with E-state index in [2.05, 4.69) is 10.6 Å². The summed E-state index contributed by atoms with van der Waals surface area (Å²) in [6, 6.07) is 4.11. The minimum absolute atomic E-state index is 0.0356. The molecular weight excluding hydrogens is 392 g/mol. The van der Waals surface area contributed by atoms with Gasteiger partial charge in [-0.05, 0) is 37.5 Å². The fourth-order valence-electron chi connectivity index (χ4n) is 3.56. The highest BCUT2D eigenvalue weighted by atomic mass is 35.5. The van der Waals surface area contributed by atoms with Crippen molar-refractivity contribution in [2.75, 3.05) is 39.4 Å². The molecule has 0 spiro atoms. The summed E-state index contributed by atoms with van der Waals surface area (Å²) in [5.74, 6) is 2.36. The average Bonchev–Trinajstić information content (AvgIpc) is 3.16. The molecule has 0 aliphatic carbocycles. The van der Waals surface area contributed by atoms with Gasteiger partial charge in [0.2, 0.25) is 5.91 Å². The van der Waals surface area contributed by atoms with Crippen LogP contribution in [-0.2, 0) is 11.2 Å². The highest BCUT2D eigenvalue weighted by Gasteiger charge is 2.28. The number of guanidine groups is 1. The third kappa shape index (κ3) is 5.69. The zero-order valence-electron chi connectivity index (χ0n) is 17.5. The van der Waals surface area contributed by atoms with E-state index in [-0.39, 0.29) is 17.9 Å². The Hall–Kier alpha value is -2.15. The first-order valence-electron chi connectivity index (χ1n) is 10.4. The van der Waals surface area contributed by atoms with Crippen molar-refractivity contribution >= 4 is 23.5 Å². The maximum Gasteiger partial charge on any atom is 0.225 e. The van der Waals surface area contributed by atoms with Crippen LogP contribution in [0, 0.1) is 5.92 Å². The van der Waals surface area contributed by atoms with E-state index in [9.17, 15) is 4.79 Å². The van der Waals surface area contributed by atoms with Crippen LogP contribution in [0.15, 0.2) is 17.1 Å². The largest absolute Gasteiger partial charge is 0.486 e. The smallest absolute Gasteiger partial charge is 0.225 e. The molecule has 2 heterocycles. The molecule has 160 valence electrons. The van der Waals surface area contributed by atoms with Crippen molar-refractivity contribution in [1.29, 1.82) is 0 Å². The fourth-order valence-corrected chi connectivity index (χ4v) is 3.85. The third-order valence-corrected chi connectivity index (χ3v) is 5.29. The Bertz CT molecular complexity index is 754. The lowest BCUT2D eigenvalue weighted by Crippen LogP contribution is -2.45. The van der Waals surface area contributed by atoms with E-state index in [0.717, 1.165) is 44.0 Å². The van der Waals surface area contributed by atoms with Crippen LogP contribution < -0.4 is 20.1 Å². The molecule has 1 aromatic carbocycles. The number of hydrogen-bond donors (Lipinski definition) is 2. The van der Waals surface area contributed by atoms with E-state index in [0.29, 0.717) is 36.3 Å². The predicted molar refractivity (Wildman–Crippen MR) is 115 cm³/mol. The number of nitrogens with one attached hydrogen (secondary N) is 2. The number of halogens is 1. The molecule has 8 heteroatoms. The van der Waals surface area contributed by atoms with E-state index in [4.69, 9.17) is 26.1 Å². The maximum atomic E-state index is 12.2. The van der Waals surface area contributed by atoms with Gasteiger partial charge in [0, 0.05) is 38.1 Å². The van der Waals surface area contributed by atoms with E-state index in [1.807, 2.05) is 37.8 Å². The molecule has 2 aliphatic rings. The lowest BCUT2D eigenvalue weighted by Gasteiger charge is -2.21. The van der Waals surface area contributed by atoms with Gasteiger partial charge in [0.05, 0.1) is 5.02 Å². The normalized spacial score (nSPS) is 18.9. The lowest BCUT2D eigenvalue weighted by atomic mass is 10.1. The van der Waals surface area contributed by atoms with Crippen molar-refractivity contribution in [2.45, 2.75) is 39.7 Å². The maximum absolute atomic E-state index is 12.2. The highest BCUT2D eigenvalue weighted by Crippen LogP contribution is 2.38. The molecule has 7 nitrogen and oxygen atoms in total. The molecule has 2 N–H and O–H groups in total. The van der Waals surface area contributed by atoms with E-state index >= 15 is 0 Å². The number of hydrogen-bond acceptors (Lipinski definition) is 4. The quantitative estimate of drug-likeness (QED) is 0.544. The van der Waals surface area contributed by atoms with Gasteiger partial charge in [-0.15, -0.1) is 0 Å². The summed E-state index contributed by atoms with van der Waals surface area (Å²) >= 11 is 6.32. The van der Waals surface area contributed by atoms with Crippen LogP contribution in [0.2, 0.25) is 5.02 Å². The second kappa shape index (κ2) is 10.1. The number of carbonyl (C=O) groups excluding carboxylic acids is 1. The number of amides is 1. The van der Waals surface area contributed by atoms with Crippen LogP contribution >= 0.6 is 11.6 Å². The molecule has 29 heavy (non-hydrogen) atoms. The summed E-state index contributed by atoms with van der Waals surface area (Å²) in [6.45, 7) is 9.91. The minimum atomic E-state index is 0.0356. The van der Waals surface area contributed by atoms with Gasteiger partial charge in [-0.2, -0.15) is 0 Å². The van der Waals surface area contributed by atoms with Gasteiger partial charge >= 0.3 is 0 Å². The molecule has 1 amide bonds. The monoisotopic (exact) mass is 422 g/mol. The second-order valence-electron chi connectivity index (χ2n) is 7.68. The SMILES string of the molecule is CCNC(=NCCc1cc(Cl)c2c(c1)OCCO2)NC1CCN(C(=O)C(C)C)C1. The van der Waals surface area contributed by atoms with E-state index in [1.54, 1.807) is 0 Å². The molecule has 1 unspecified atom stereocenters. The molecule has 0 saturated carbocycles. The average molecular weight is 423 g/mol. The Kier molecular flexibility index (Phi) is 7.47. The molecule has 1 saturated heterocycles. The second-order valence-corrected chi connectivity index (χ2v) is 8.09. The Morgan fingerprint density at radius 2 is 2.14 bits per heavy atom. The zero-order chi connectivity index (χ0) is 20.8. The van der Waals surface area contributed by atoms with Crippen molar-refractivity contribution < 1.29 is 14.3 Å². The van der Waals surface area contributed by atoms with Crippen LogP contribution in [0.3, 0.4) is 0 Å². The van der Waals surface area contributed by atoms with Crippen LogP contribution in [0.4, 0.5) is 0 Å². The van der Waals surface area contributed by atoms with Crippen molar-refractivity contribution in [3.05, 3.63) is 22.7 Å². The Balaban J connectivity index is 1.56. The molecule has 1 aromatic rings. The first-order chi connectivity index (χ1) is 14.0. The van der Waals surface area contributed by atoms with Crippen molar-refractivity contribution in [3.63, 3.8) is 0 Å². The van der Waals surface area contributed by atoms with Crippen LogP contribution in [0.5, 0.6) is 11.5 Å². The van der Waals surface area contributed by atoms with E-state index < -0.39 is 0 Å². The van der Waals surface area contributed by atoms with Gasteiger partial charge in [0.1, 0.15) is 13.2 Å². The van der Waals surface area contributed by atoms with Crippen LogP contribution in [-0.4, -0.2) is 62.2 Å². The lowest BCUT2D eigenvalue weighted by molar-refractivity contribution is -0.133. The summed E-state index contributed by atoms with van der Waals surface area (Å²) < 4.78 is 11.2. The number of nitrogens with zero attached hydrogens (tertiary/aromatic N) is 2. The molecule has 0 radical (unpaired) electrons. The number of carbonyl (C=O) groups is 1. The third-order valence-electron chi connectivity index (χ3n) is 5.01. The van der Waals surface area contributed by atoms with Crippen LogP contribution in [0.25, 0.3) is 0 Å². The Morgan fingerprint density at radius 3 is 2.90 bits per heavy atom. The summed E-state index contributed by atoms with van der Waals surface area (Å²) in [6.07, 6.45) is 1.68. The zero-order valence-corrected chi connectivity index (χ0v) is 18.2.